The van der Waals surface area contributed by atoms with Crippen LogP contribution in [-0.2, 0) is 16.6 Å². The molecule has 0 amide bonds. The van der Waals surface area contributed by atoms with Crippen molar-refractivity contribution in [2.45, 2.75) is 31.7 Å². The average molecular weight is 331 g/mol. The van der Waals surface area contributed by atoms with Crippen molar-refractivity contribution >= 4 is 15.8 Å². The molecule has 0 radical (unpaired) electrons. The molecule has 0 spiro atoms. The topological polar surface area (TPSA) is 54.5 Å². The first-order chi connectivity index (χ1) is 10.9. The van der Waals surface area contributed by atoms with Crippen molar-refractivity contribution in [2.75, 3.05) is 6.54 Å². The number of nitrogens with zero attached hydrogens (tertiary/aromatic N) is 1. The minimum absolute atomic E-state index is 0.146. The summed E-state index contributed by atoms with van der Waals surface area (Å²) < 4.78 is 27.3. The summed E-state index contributed by atoms with van der Waals surface area (Å²) in [6.07, 6.45) is 0.721. The maximum atomic E-state index is 12.9. The van der Waals surface area contributed by atoms with Crippen molar-refractivity contribution in [3.05, 3.63) is 65.7 Å². The third-order valence-corrected chi connectivity index (χ3v) is 5.39. The lowest BCUT2D eigenvalue weighted by molar-refractivity contribution is 0.101. The first-order valence-electron chi connectivity index (χ1n) is 7.60. The molecule has 0 saturated heterocycles. The summed E-state index contributed by atoms with van der Waals surface area (Å²) in [6, 6.07) is 15.7. The molecule has 2 aromatic rings. The Hall–Kier alpha value is -1.98. The van der Waals surface area contributed by atoms with Crippen molar-refractivity contribution in [3.63, 3.8) is 0 Å². The van der Waals surface area contributed by atoms with Gasteiger partial charge in [-0.3, -0.25) is 4.79 Å². The summed E-state index contributed by atoms with van der Waals surface area (Å²) in [5.74, 6) is -0.146. The SMILES string of the molecule is CCCN(Cc1ccccc1)S(=O)(=O)c1cccc(C(C)=O)c1. The van der Waals surface area contributed by atoms with Gasteiger partial charge in [-0.15, -0.1) is 0 Å². The van der Waals surface area contributed by atoms with Crippen LogP contribution >= 0.6 is 0 Å². The zero-order valence-corrected chi connectivity index (χ0v) is 14.2. The maximum absolute atomic E-state index is 12.9. The van der Waals surface area contributed by atoms with E-state index in [-0.39, 0.29) is 10.7 Å². The van der Waals surface area contributed by atoms with Crippen molar-refractivity contribution in [1.29, 1.82) is 0 Å². The summed E-state index contributed by atoms with van der Waals surface area (Å²) >= 11 is 0. The van der Waals surface area contributed by atoms with Crippen molar-refractivity contribution < 1.29 is 13.2 Å². The highest BCUT2D eigenvalue weighted by Crippen LogP contribution is 2.20. The Labute approximate surface area is 137 Å². The monoisotopic (exact) mass is 331 g/mol. The quantitative estimate of drug-likeness (QED) is 0.730. The summed E-state index contributed by atoms with van der Waals surface area (Å²) in [4.78, 5) is 11.7. The highest BCUT2D eigenvalue weighted by atomic mass is 32.2. The van der Waals surface area contributed by atoms with Gasteiger partial charge in [0.25, 0.3) is 0 Å². The van der Waals surface area contributed by atoms with Crippen molar-refractivity contribution in [1.82, 2.24) is 4.31 Å². The minimum Gasteiger partial charge on any atom is -0.295 e. The number of carbonyl (C=O) groups is 1. The first kappa shape index (κ1) is 17.4. The molecule has 4 nitrogen and oxygen atoms in total. The van der Waals surface area contributed by atoms with Crippen molar-refractivity contribution in [3.8, 4) is 0 Å². The second-order valence-corrected chi connectivity index (χ2v) is 7.35. The van der Waals surface area contributed by atoms with Gasteiger partial charge in [-0.1, -0.05) is 49.4 Å². The van der Waals surface area contributed by atoms with Gasteiger partial charge in [0, 0.05) is 18.7 Å². The fourth-order valence-corrected chi connectivity index (χ4v) is 3.91. The summed E-state index contributed by atoms with van der Waals surface area (Å²) in [7, 11) is -3.64. The third kappa shape index (κ3) is 4.27. The number of hydrogen-bond donors (Lipinski definition) is 0. The zero-order chi connectivity index (χ0) is 16.9. The maximum Gasteiger partial charge on any atom is 0.243 e. The number of Topliss-reactive ketones (excluding diaryl/α,β-unsaturated/α-hetero) is 1. The van der Waals surface area contributed by atoms with Crippen LogP contribution in [0.4, 0.5) is 0 Å². The molecule has 0 heterocycles. The average Bonchev–Trinajstić information content (AvgIpc) is 2.55. The van der Waals surface area contributed by atoms with Crippen molar-refractivity contribution in [2.24, 2.45) is 0 Å². The molecule has 122 valence electrons. The molecule has 2 rings (SSSR count). The fraction of sp³-hybridized carbons (Fsp3) is 0.278. The Kier molecular flexibility index (Phi) is 5.69. The van der Waals surface area contributed by atoms with Gasteiger partial charge in [0.15, 0.2) is 5.78 Å². The van der Waals surface area contributed by atoms with Crippen LogP contribution in [0.15, 0.2) is 59.5 Å². The molecule has 0 aromatic heterocycles. The number of hydrogen-bond acceptors (Lipinski definition) is 3. The number of benzene rings is 2. The van der Waals surface area contributed by atoms with Gasteiger partial charge in [0.05, 0.1) is 4.90 Å². The fourth-order valence-electron chi connectivity index (χ4n) is 2.35. The Bertz CT molecular complexity index is 770. The highest BCUT2D eigenvalue weighted by Gasteiger charge is 2.24. The molecule has 0 bridgehead atoms. The van der Waals surface area contributed by atoms with Crippen LogP contribution in [-0.4, -0.2) is 25.1 Å². The second kappa shape index (κ2) is 7.53. The van der Waals surface area contributed by atoms with Gasteiger partial charge >= 0.3 is 0 Å². The van der Waals surface area contributed by atoms with E-state index in [1.54, 1.807) is 12.1 Å². The number of rotatable bonds is 7. The molecular formula is C18H21NO3S. The van der Waals surface area contributed by atoms with E-state index in [1.807, 2.05) is 37.3 Å². The number of carbonyl (C=O) groups excluding carboxylic acids is 1. The molecular weight excluding hydrogens is 310 g/mol. The Morgan fingerprint density at radius 2 is 1.74 bits per heavy atom. The standard InChI is InChI=1S/C18H21NO3S/c1-3-12-19(14-16-8-5-4-6-9-16)23(21,22)18-11-7-10-17(13-18)15(2)20/h4-11,13H,3,12,14H2,1-2H3. The van der Waals surface area contributed by atoms with Gasteiger partial charge in [0.2, 0.25) is 10.0 Å². The first-order valence-corrected chi connectivity index (χ1v) is 9.04. The van der Waals surface area contributed by atoms with E-state index in [9.17, 15) is 13.2 Å². The third-order valence-electron chi connectivity index (χ3n) is 3.55. The number of sulfonamides is 1. The van der Waals surface area contributed by atoms with Crippen LogP contribution < -0.4 is 0 Å². The minimum atomic E-state index is -3.64. The van der Waals surface area contributed by atoms with Crippen LogP contribution in [0, 0.1) is 0 Å². The normalized spacial score (nSPS) is 11.6. The molecule has 5 heteroatoms. The van der Waals surface area contributed by atoms with E-state index in [4.69, 9.17) is 0 Å². The predicted octanol–water partition coefficient (Wildman–Crippen LogP) is 3.49. The summed E-state index contributed by atoms with van der Waals surface area (Å²) in [6.45, 7) is 4.13. The van der Waals surface area contributed by atoms with Gasteiger partial charge in [-0.25, -0.2) is 8.42 Å². The van der Waals surface area contributed by atoms with E-state index in [2.05, 4.69) is 0 Å². The lowest BCUT2D eigenvalue weighted by atomic mass is 10.2. The van der Waals surface area contributed by atoms with Gasteiger partial charge in [-0.2, -0.15) is 4.31 Å². The van der Waals surface area contributed by atoms with Gasteiger partial charge in [0.1, 0.15) is 0 Å². The van der Waals surface area contributed by atoms with E-state index in [0.29, 0.717) is 18.7 Å². The van der Waals surface area contributed by atoms with Gasteiger partial charge in [-0.05, 0) is 31.0 Å². The molecule has 0 N–H and O–H groups in total. The molecule has 0 saturated carbocycles. The van der Waals surface area contributed by atoms with Gasteiger partial charge < -0.3 is 0 Å². The molecule has 2 aromatic carbocycles. The van der Waals surface area contributed by atoms with E-state index >= 15 is 0 Å². The second-order valence-electron chi connectivity index (χ2n) is 5.41. The molecule has 0 fully saturated rings. The van der Waals surface area contributed by atoms with Crippen LogP contribution in [0.1, 0.15) is 36.2 Å². The van der Waals surface area contributed by atoms with E-state index in [1.165, 1.54) is 23.4 Å². The lowest BCUT2D eigenvalue weighted by Crippen LogP contribution is -2.31. The Balaban J connectivity index is 2.36. The Morgan fingerprint density at radius 3 is 2.35 bits per heavy atom. The summed E-state index contributed by atoms with van der Waals surface area (Å²) in [5.41, 5.74) is 1.34. The molecule has 23 heavy (non-hydrogen) atoms. The van der Waals surface area contributed by atoms with E-state index < -0.39 is 10.0 Å². The molecule has 0 atom stereocenters. The lowest BCUT2D eigenvalue weighted by Gasteiger charge is -2.22. The Morgan fingerprint density at radius 1 is 1.04 bits per heavy atom. The smallest absolute Gasteiger partial charge is 0.243 e. The summed E-state index contributed by atoms with van der Waals surface area (Å²) in [5, 5.41) is 0. The molecule has 0 aliphatic rings. The zero-order valence-electron chi connectivity index (χ0n) is 13.4. The highest BCUT2D eigenvalue weighted by molar-refractivity contribution is 7.89. The molecule has 0 aliphatic heterocycles. The van der Waals surface area contributed by atoms with Crippen LogP contribution in [0.5, 0.6) is 0 Å². The molecule has 0 unspecified atom stereocenters. The van der Waals surface area contributed by atoms with Crippen LogP contribution in [0.3, 0.4) is 0 Å². The van der Waals surface area contributed by atoms with Crippen LogP contribution in [0.25, 0.3) is 0 Å². The molecule has 0 aliphatic carbocycles. The largest absolute Gasteiger partial charge is 0.295 e. The van der Waals surface area contributed by atoms with Crippen LogP contribution in [0.2, 0.25) is 0 Å². The predicted molar refractivity (Wildman–Crippen MR) is 90.8 cm³/mol. The number of ketones is 1. The van der Waals surface area contributed by atoms with E-state index in [0.717, 1.165) is 12.0 Å².